The molecular formula is C31H39N3O5S. The molecule has 3 aromatic carbocycles. The summed E-state index contributed by atoms with van der Waals surface area (Å²) >= 11 is 0. The van der Waals surface area contributed by atoms with Crippen molar-refractivity contribution < 1.29 is 22.7 Å². The van der Waals surface area contributed by atoms with Crippen LogP contribution in [0.4, 0.5) is 5.69 Å². The third-order valence-electron chi connectivity index (χ3n) is 6.67. The van der Waals surface area contributed by atoms with E-state index >= 15 is 0 Å². The highest BCUT2D eigenvalue weighted by Gasteiger charge is 2.33. The number of sulfonamides is 1. The monoisotopic (exact) mass is 565 g/mol. The van der Waals surface area contributed by atoms with Crippen molar-refractivity contribution in [1.29, 1.82) is 0 Å². The maximum Gasteiger partial charge on any atom is 0.264 e. The molecule has 0 fully saturated rings. The third-order valence-corrected chi connectivity index (χ3v) is 8.45. The molecule has 0 spiro atoms. The van der Waals surface area contributed by atoms with Crippen molar-refractivity contribution in [2.24, 2.45) is 0 Å². The molecule has 2 amide bonds. The van der Waals surface area contributed by atoms with Crippen LogP contribution in [0.15, 0.2) is 77.7 Å². The first-order valence-electron chi connectivity index (χ1n) is 13.4. The van der Waals surface area contributed by atoms with Crippen LogP contribution in [-0.4, -0.2) is 51.4 Å². The molecule has 0 unspecified atom stereocenters. The highest BCUT2D eigenvalue weighted by molar-refractivity contribution is 7.92. The number of unbranched alkanes of at least 4 members (excludes halogenated alkanes) is 1. The van der Waals surface area contributed by atoms with Crippen molar-refractivity contribution in [3.8, 4) is 5.75 Å². The van der Waals surface area contributed by atoms with Crippen LogP contribution >= 0.6 is 0 Å². The first-order chi connectivity index (χ1) is 19.1. The van der Waals surface area contributed by atoms with Crippen LogP contribution in [0.1, 0.15) is 43.4 Å². The summed E-state index contributed by atoms with van der Waals surface area (Å²) in [5.41, 5.74) is 3.00. The Morgan fingerprint density at radius 1 is 0.950 bits per heavy atom. The van der Waals surface area contributed by atoms with Crippen molar-refractivity contribution in [3.05, 3.63) is 89.5 Å². The number of ether oxygens (including phenoxy) is 1. The number of para-hydroxylation sites is 2. The number of amides is 2. The van der Waals surface area contributed by atoms with Crippen molar-refractivity contribution >= 4 is 27.5 Å². The molecular weight excluding hydrogens is 526 g/mol. The number of methoxy groups -OCH3 is 1. The molecule has 0 radical (unpaired) electrons. The van der Waals surface area contributed by atoms with Crippen LogP contribution in [0.5, 0.6) is 5.75 Å². The number of nitrogens with one attached hydrogen (secondary N) is 1. The van der Waals surface area contributed by atoms with Gasteiger partial charge in [0.05, 0.1) is 17.7 Å². The highest BCUT2D eigenvalue weighted by Crippen LogP contribution is 2.32. The van der Waals surface area contributed by atoms with Crippen LogP contribution in [0.3, 0.4) is 0 Å². The topological polar surface area (TPSA) is 96.0 Å². The Hall–Kier alpha value is -3.85. The number of rotatable bonds is 13. The third kappa shape index (κ3) is 7.63. The first kappa shape index (κ1) is 30.7. The van der Waals surface area contributed by atoms with E-state index in [4.69, 9.17) is 4.74 Å². The molecule has 3 rings (SSSR count). The molecule has 0 saturated heterocycles. The Balaban J connectivity index is 2.04. The largest absolute Gasteiger partial charge is 0.495 e. The van der Waals surface area contributed by atoms with E-state index in [9.17, 15) is 18.0 Å². The van der Waals surface area contributed by atoms with Gasteiger partial charge >= 0.3 is 0 Å². The quantitative estimate of drug-likeness (QED) is 0.299. The minimum absolute atomic E-state index is 0.0485. The summed E-state index contributed by atoms with van der Waals surface area (Å²) in [6.45, 7) is 7.65. The number of hydrogen-bond acceptors (Lipinski definition) is 5. The van der Waals surface area contributed by atoms with Crippen LogP contribution in [0, 0.1) is 13.8 Å². The molecule has 0 bridgehead atoms. The lowest BCUT2D eigenvalue weighted by Gasteiger charge is -2.32. The first-order valence-corrected chi connectivity index (χ1v) is 14.9. The van der Waals surface area contributed by atoms with Gasteiger partial charge in [0.15, 0.2) is 0 Å². The van der Waals surface area contributed by atoms with E-state index in [1.54, 1.807) is 43.3 Å². The molecule has 8 nitrogen and oxygen atoms in total. The minimum atomic E-state index is -4.17. The second kappa shape index (κ2) is 14.0. The maximum absolute atomic E-state index is 14.0. The lowest BCUT2D eigenvalue weighted by molar-refractivity contribution is -0.139. The van der Waals surface area contributed by atoms with Crippen LogP contribution < -0.4 is 14.4 Å². The van der Waals surface area contributed by atoms with Gasteiger partial charge in [0.1, 0.15) is 18.3 Å². The lowest BCUT2D eigenvalue weighted by atomic mass is 10.1. The Morgan fingerprint density at radius 2 is 1.65 bits per heavy atom. The Kier molecular flexibility index (Phi) is 10.7. The zero-order chi connectivity index (χ0) is 29.3. The van der Waals surface area contributed by atoms with Crippen molar-refractivity contribution in [1.82, 2.24) is 10.2 Å². The molecule has 1 atom stereocenters. The summed E-state index contributed by atoms with van der Waals surface area (Å²) in [6.07, 6.45) is 1.74. The molecule has 0 aliphatic heterocycles. The summed E-state index contributed by atoms with van der Waals surface area (Å²) < 4.78 is 34.5. The van der Waals surface area contributed by atoms with Gasteiger partial charge in [-0.2, -0.15) is 0 Å². The molecule has 3 aromatic rings. The standard InChI is InChI=1S/C31H39N3O5S/c1-6-7-19-32-31(36)25(4)33(21-26-12-10-11-24(3)20-26)30(35)22-34(28-13-8-9-14-29(28)39-5)40(37,38)27-17-15-23(2)16-18-27/h8-18,20,25H,6-7,19,21-22H2,1-5H3,(H,32,36)/t25-/m1/s1. The van der Waals surface area contributed by atoms with Gasteiger partial charge in [-0.15, -0.1) is 0 Å². The zero-order valence-electron chi connectivity index (χ0n) is 23.9. The summed E-state index contributed by atoms with van der Waals surface area (Å²) in [5.74, 6) is -0.498. The van der Waals surface area contributed by atoms with Crippen molar-refractivity contribution in [2.75, 3.05) is 24.5 Å². The zero-order valence-corrected chi connectivity index (χ0v) is 24.7. The molecule has 9 heteroatoms. The fourth-order valence-electron chi connectivity index (χ4n) is 4.31. The van der Waals surface area contributed by atoms with E-state index in [2.05, 4.69) is 5.32 Å². The van der Waals surface area contributed by atoms with E-state index < -0.39 is 28.5 Å². The molecule has 0 aromatic heterocycles. The number of aryl methyl sites for hydroxylation is 2. The second-order valence-electron chi connectivity index (χ2n) is 9.83. The smallest absolute Gasteiger partial charge is 0.264 e. The number of carbonyl (C=O) groups excluding carboxylic acids is 2. The lowest BCUT2D eigenvalue weighted by Crippen LogP contribution is -2.51. The Bertz CT molecular complexity index is 1410. The van der Waals surface area contributed by atoms with E-state index in [1.165, 1.54) is 24.1 Å². The molecule has 0 aliphatic carbocycles. The van der Waals surface area contributed by atoms with Gasteiger partial charge in [-0.05, 0) is 57.0 Å². The average Bonchev–Trinajstić information content (AvgIpc) is 2.94. The number of carbonyl (C=O) groups is 2. The van der Waals surface area contributed by atoms with Gasteiger partial charge in [0, 0.05) is 13.1 Å². The van der Waals surface area contributed by atoms with E-state index in [0.29, 0.717) is 12.3 Å². The van der Waals surface area contributed by atoms with Gasteiger partial charge in [-0.25, -0.2) is 8.42 Å². The molecule has 214 valence electrons. The summed E-state index contributed by atoms with van der Waals surface area (Å²) in [4.78, 5) is 28.6. The average molecular weight is 566 g/mol. The predicted molar refractivity (Wildman–Crippen MR) is 158 cm³/mol. The number of hydrogen-bond donors (Lipinski definition) is 1. The maximum atomic E-state index is 14.0. The summed E-state index contributed by atoms with van der Waals surface area (Å²) in [5, 5.41) is 2.90. The molecule has 0 aliphatic rings. The second-order valence-corrected chi connectivity index (χ2v) is 11.7. The number of benzene rings is 3. The SMILES string of the molecule is CCCCNC(=O)[C@@H](C)N(Cc1cccc(C)c1)C(=O)CN(c1ccccc1OC)S(=O)(=O)c1ccc(C)cc1. The Morgan fingerprint density at radius 3 is 2.30 bits per heavy atom. The summed E-state index contributed by atoms with van der Waals surface area (Å²) in [7, 11) is -2.72. The van der Waals surface area contributed by atoms with E-state index in [-0.39, 0.29) is 23.0 Å². The fourth-order valence-corrected chi connectivity index (χ4v) is 5.74. The van der Waals surface area contributed by atoms with Gasteiger partial charge in [0.25, 0.3) is 10.0 Å². The van der Waals surface area contributed by atoms with Gasteiger partial charge in [-0.1, -0.05) is 73.0 Å². The van der Waals surface area contributed by atoms with E-state index in [1.807, 2.05) is 45.0 Å². The van der Waals surface area contributed by atoms with Crippen molar-refractivity contribution in [3.63, 3.8) is 0 Å². The molecule has 40 heavy (non-hydrogen) atoms. The van der Waals surface area contributed by atoms with E-state index in [0.717, 1.165) is 33.8 Å². The summed E-state index contributed by atoms with van der Waals surface area (Å²) in [6, 6.07) is 20.0. The van der Waals surface area contributed by atoms with Crippen LogP contribution in [0.25, 0.3) is 0 Å². The molecule has 0 saturated carbocycles. The molecule has 1 N–H and O–H groups in total. The van der Waals surface area contributed by atoms with Crippen LogP contribution in [0.2, 0.25) is 0 Å². The minimum Gasteiger partial charge on any atom is -0.495 e. The predicted octanol–water partition coefficient (Wildman–Crippen LogP) is 4.84. The van der Waals surface area contributed by atoms with Gasteiger partial charge < -0.3 is 15.0 Å². The highest BCUT2D eigenvalue weighted by atomic mass is 32.2. The number of anilines is 1. The van der Waals surface area contributed by atoms with Crippen molar-refractivity contribution in [2.45, 2.75) is 58.0 Å². The fraction of sp³-hybridized carbons (Fsp3) is 0.355. The van der Waals surface area contributed by atoms with Gasteiger partial charge in [0.2, 0.25) is 11.8 Å². The molecule has 0 heterocycles. The van der Waals surface area contributed by atoms with Gasteiger partial charge in [-0.3, -0.25) is 13.9 Å². The normalized spacial score (nSPS) is 11.9. The Labute approximate surface area is 238 Å². The number of nitrogens with zero attached hydrogens (tertiary/aromatic N) is 2. The van der Waals surface area contributed by atoms with Crippen LogP contribution in [-0.2, 0) is 26.2 Å².